The van der Waals surface area contributed by atoms with Crippen LogP contribution in [0.5, 0.6) is 0 Å². The molecular weight excluding hydrogens is 458 g/mol. The molecule has 0 aliphatic carbocycles. The summed E-state index contributed by atoms with van der Waals surface area (Å²) in [6.07, 6.45) is 0.623. The maximum Gasteiger partial charge on any atom is 0.254 e. The Labute approximate surface area is 207 Å². The number of rotatable bonds is 5. The number of nitrogen functional groups attached to an aromatic ring is 1. The number of carbonyl (C=O) groups excluding carboxylic acids is 2. The SMILES string of the molecule is Cc1cc(-c2cccc(-c3csc(NC(=O)[C@H]4CCN4C(=O)c4ccc(N)cc4)n3)c2)cc(C)n1. The van der Waals surface area contributed by atoms with Crippen LogP contribution in [0.2, 0.25) is 0 Å². The zero-order valence-corrected chi connectivity index (χ0v) is 20.3. The molecule has 3 heterocycles. The quantitative estimate of drug-likeness (QED) is 0.392. The lowest BCUT2D eigenvalue weighted by Gasteiger charge is -2.39. The van der Waals surface area contributed by atoms with Gasteiger partial charge < -0.3 is 16.0 Å². The topological polar surface area (TPSA) is 101 Å². The van der Waals surface area contributed by atoms with E-state index in [9.17, 15) is 9.59 Å². The summed E-state index contributed by atoms with van der Waals surface area (Å²) in [5, 5.41) is 5.33. The summed E-state index contributed by atoms with van der Waals surface area (Å²) in [5.41, 5.74) is 12.7. The number of pyridine rings is 1. The Kier molecular flexibility index (Phi) is 6.05. The first-order chi connectivity index (χ1) is 16.9. The van der Waals surface area contributed by atoms with Gasteiger partial charge in [0.2, 0.25) is 5.91 Å². The van der Waals surface area contributed by atoms with Crippen LogP contribution in [-0.4, -0.2) is 39.3 Å². The number of nitrogens with zero attached hydrogens (tertiary/aromatic N) is 3. The van der Waals surface area contributed by atoms with E-state index in [0.717, 1.165) is 33.8 Å². The Morgan fingerprint density at radius 2 is 1.69 bits per heavy atom. The van der Waals surface area contributed by atoms with Gasteiger partial charge in [0.05, 0.1) is 5.69 Å². The van der Waals surface area contributed by atoms with Crippen molar-refractivity contribution in [1.82, 2.24) is 14.9 Å². The normalized spacial score (nSPS) is 14.9. The van der Waals surface area contributed by atoms with Crippen molar-refractivity contribution in [2.24, 2.45) is 0 Å². The van der Waals surface area contributed by atoms with E-state index >= 15 is 0 Å². The molecule has 3 N–H and O–H groups in total. The molecule has 176 valence electrons. The van der Waals surface area contributed by atoms with E-state index in [1.54, 1.807) is 29.2 Å². The van der Waals surface area contributed by atoms with Gasteiger partial charge in [-0.3, -0.25) is 14.6 Å². The smallest absolute Gasteiger partial charge is 0.254 e. The number of anilines is 2. The number of thiazole rings is 1. The molecule has 5 rings (SSSR count). The number of aryl methyl sites for hydroxylation is 2. The predicted octanol–water partition coefficient (Wildman–Crippen LogP) is 4.92. The first-order valence-corrected chi connectivity index (χ1v) is 12.2. The van der Waals surface area contributed by atoms with Gasteiger partial charge in [-0.25, -0.2) is 4.98 Å². The van der Waals surface area contributed by atoms with Crippen LogP contribution < -0.4 is 11.1 Å². The number of likely N-dealkylation sites (tertiary alicyclic amines) is 1. The molecule has 0 unspecified atom stereocenters. The van der Waals surface area contributed by atoms with Gasteiger partial charge in [-0.1, -0.05) is 18.2 Å². The van der Waals surface area contributed by atoms with Crippen molar-refractivity contribution in [2.75, 3.05) is 17.6 Å². The maximum atomic E-state index is 12.9. The van der Waals surface area contributed by atoms with Gasteiger partial charge >= 0.3 is 0 Å². The standard InChI is InChI=1S/C27H25N5O2S/c1-16-12-21(13-17(2)29-16)19-4-3-5-20(14-19)23-15-35-27(30-23)31-25(33)24-10-11-32(24)26(34)18-6-8-22(28)9-7-18/h3-9,12-15,24H,10-11,28H2,1-2H3,(H,30,31,33)/t24-/m1/s1. The lowest BCUT2D eigenvalue weighted by atomic mass is 10.00. The molecule has 2 aromatic carbocycles. The molecule has 2 aromatic heterocycles. The highest BCUT2D eigenvalue weighted by Gasteiger charge is 2.38. The molecule has 0 spiro atoms. The fourth-order valence-electron chi connectivity index (χ4n) is 4.21. The van der Waals surface area contributed by atoms with Crippen LogP contribution in [0.3, 0.4) is 0 Å². The Bertz CT molecular complexity index is 1390. The summed E-state index contributed by atoms with van der Waals surface area (Å²) in [7, 11) is 0. The Morgan fingerprint density at radius 3 is 2.37 bits per heavy atom. The van der Waals surface area contributed by atoms with Gasteiger partial charge in [-0.15, -0.1) is 11.3 Å². The molecule has 1 fully saturated rings. The van der Waals surface area contributed by atoms with Crippen molar-refractivity contribution in [1.29, 1.82) is 0 Å². The van der Waals surface area contributed by atoms with Crippen molar-refractivity contribution in [3.8, 4) is 22.4 Å². The summed E-state index contributed by atoms with van der Waals surface area (Å²) < 4.78 is 0. The summed E-state index contributed by atoms with van der Waals surface area (Å²) >= 11 is 1.37. The van der Waals surface area contributed by atoms with Crippen molar-refractivity contribution >= 4 is 34.0 Å². The van der Waals surface area contributed by atoms with Crippen LogP contribution in [0, 0.1) is 13.8 Å². The summed E-state index contributed by atoms with van der Waals surface area (Å²) in [6.45, 7) is 4.52. The molecule has 0 saturated carbocycles. The van der Waals surface area contributed by atoms with Crippen LogP contribution in [0.1, 0.15) is 28.2 Å². The monoisotopic (exact) mass is 483 g/mol. The lowest BCUT2D eigenvalue weighted by molar-refractivity contribution is -0.123. The van der Waals surface area contributed by atoms with Crippen LogP contribution >= 0.6 is 11.3 Å². The molecule has 2 amide bonds. The van der Waals surface area contributed by atoms with E-state index in [0.29, 0.717) is 29.3 Å². The average molecular weight is 484 g/mol. The van der Waals surface area contributed by atoms with E-state index < -0.39 is 6.04 Å². The molecule has 0 bridgehead atoms. The third-order valence-electron chi connectivity index (χ3n) is 6.05. The Morgan fingerprint density at radius 1 is 0.971 bits per heavy atom. The van der Waals surface area contributed by atoms with Gasteiger partial charge in [-0.05, 0) is 73.9 Å². The number of carbonyl (C=O) groups is 2. The lowest BCUT2D eigenvalue weighted by Crippen LogP contribution is -2.56. The molecule has 8 heteroatoms. The highest BCUT2D eigenvalue weighted by atomic mass is 32.1. The third kappa shape index (κ3) is 4.79. The molecular formula is C27H25N5O2S. The number of hydrogen-bond acceptors (Lipinski definition) is 6. The fourth-order valence-corrected chi connectivity index (χ4v) is 4.93. The van der Waals surface area contributed by atoms with Gasteiger partial charge in [0.25, 0.3) is 5.91 Å². The molecule has 4 aromatic rings. The van der Waals surface area contributed by atoms with Gasteiger partial charge in [0.15, 0.2) is 5.13 Å². The number of nitrogens with one attached hydrogen (secondary N) is 1. The zero-order valence-electron chi connectivity index (χ0n) is 19.5. The molecule has 1 atom stereocenters. The molecule has 35 heavy (non-hydrogen) atoms. The maximum absolute atomic E-state index is 12.9. The minimum atomic E-state index is -0.506. The molecule has 1 aliphatic heterocycles. The van der Waals surface area contributed by atoms with Crippen molar-refractivity contribution < 1.29 is 9.59 Å². The van der Waals surface area contributed by atoms with Gasteiger partial charge in [0.1, 0.15) is 6.04 Å². The number of amides is 2. The largest absolute Gasteiger partial charge is 0.399 e. The van der Waals surface area contributed by atoms with Gasteiger partial charge in [-0.2, -0.15) is 0 Å². The second kappa shape index (κ2) is 9.31. The molecule has 1 aliphatic rings. The summed E-state index contributed by atoms with van der Waals surface area (Å²) in [6, 6.07) is 18.5. The number of benzene rings is 2. The number of hydrogen-bond donors (Lipinski definition) is 2. The number of aromatic nitrogens is 2. The first-order valence-electron chi connectivity index (χ1n) is 11.4. The average Bonchev–Trinajstić information content (AvgIpc) is 3.26. The van der Waals surface area contributed by atoms with Crippen LogP contribution in [0.25, 0.3) is 22.4 Å². The fraction of sp³-hybridized carbons (Fsp3) is 0.185. The van der Waals surface area contributed by atoms with E-state index in [2.05, 4.69) is 39.6 Å². The van der Waals surface area contributed by atoms with Crippen LogP contribution in [0.4, 0.5) is 10.8 Å². The Hall–Kier alpha value is -4.04. The van der Waals surface area contributed by atoms with Crippen molar-refractivity contribution in [3.63, 3.8) is 0 Å². The highest BCUT2D eigenvalue weighted by Crippen LogP contribution is 2.30. The van der Waals surface area contributed by atoms with E-state index in [4.69, 9.17) is 5.73 Å². The van der Waals surface area contributed by atoms with Crippen molar-refractivity contribution in [2.45, 2.75) is 26.3 Å². The molecule has 7 nitrogen and oxygen atoms in total. The van der Waals surface area contributed by atoms with Crippen LogP contribution in [-0.2, 0) is 4.79 Å². The minimum absolute atomic E-state index is 0.172. The van der Waals surface area contributed by atoms with E-state index in [1.807, 2.05) is 31.4 Å². The summed E-state index contributed by atoms with van der Waals surface area (Å²) in [5.74, 6) is -0.396. The van der Waals surface area contributed by atoms with E-state index in [-0.39, 0.29) is 11.8 Å². The second-order valence-corrected chi connectivity index (χ2v) is 9.53. The Balaban J connectivity index is 1.28. The number of nitrogens with two attached hydrogens (primary N) is 1. The third-order valence-corrected chi connectivity index (χ3v) is 6.81. The zero-order chi connectivity index (χ0) is 24.5. The first kappa shape index (κ1) is 22.7. The highest BCUT2D eigenvalue weighted by molar-refractivity contribution is 7.14. The predicted molar refractivity (Wildman–Crippen MR) is 139 cm³/mol. The molecule has 1 saturated heterocycles. The van der Waals surface area contributed by atoms with Crippen molar-refractivity contribution in [3.05, 3.63) is 83.0 Å². The summed E-state index contributed by atoms with van der Waals surface area (Å²) in [4.78, 5) is 36.3. The second-order valence-electron chi connectivity index (χ2n) is 8.67. The minimum Gasteiger partial charge on any atom is -0.399 e. The van der Waals surface area contributed by atoms with Gasteiger partial charge in [0, 0.05) is 40.1 Å². The van der Waals surface area contributed by atoms with Crippen LogP contribution in [0.15, 0.2) is 66.0 Å². The molecule has 0 radical (unpaired) electrons. The van der Waals surface area contributed by atoms with E-state index in [1.165, 1.54) is 11.3 Å².